The average Bonchev–Trinajstić information content (AvgIpc) is 2.92. The number of alkyl halides is 1. The molecular formula is C15H10ClFN4. The molecular weight excluding hydrogens is 291 g/mol. The lowest BCUT2D eigenvalue weighted by Gasteiger charge is -2.02. The van der Waals surface area contributed by atoms with E-state index in [1.165, 1.54) is 18.5 Å². The van der Waals surface area contributed by atoms with Crippen molar-refractivity contribution >= 4 is 22.8 Å². The molecule has 0 amide bonds. The third kappa shape index (κ3) is 2.71. The van der Waals surface area contributed by atoms with E-state index in [1.54, 1.807) is 18.5 Å². The molecule has 0 aliphatic rings. The van der Waals surface area contributed by atoms with E-state index in [2.05, 4.69) is 26.8 Å². The van der Waals surface area contributed by atoms with Gasteiger partial charge in [0.25, 0.3) is 0 Å². The van der Waals surface area contributed by atoms with Gasteiger partial charge >= 0.3 is 0 Å². The zero-order valence-corrected chi connectivity index (χ0v) is 11.7. The van der Waals surface area contributed by atoms with Gasteiger partial charge in [0.2, 0.25) is 0 Å². The van der Waals surface area contributed by atoms with Crippen LogP contribution in [0.25, 0.3) is 22.4 Å². The van der Waals surface area contributed by atoms with Crippen LogP contribution in [0.15, 0.2) is 36.9 Å². The lowest BCUT2D eigenvalue weighted by atomic mass is 10.1. The highest BCUT2D eigenvalue weighted by molar-refractivity contribution is 6.19. The average molecular weight is 301 g/mol. The Hall–Kier alpha value is -2.45. The van der Waals surface area contributed by atoms with E-state index in [0.717, 1.165) is 5.56 Å². The maximum Gasteiger partial charge on any atom is 0.164 e. The molecule has 104 valence electrons. The highest BCUT2D eigenvalue weighted by Crippen LogP contribution is 2.24. The standard InChI is InChI=1S/C15H10ClFN4/c16-7-1-2-8-21-10-20-14-13(18-9-19-15(14)21)11-3-5-12(17)6-4-11/h3-6,9-10H,7-8H2. The summed E-state index contributed by atoms with van der Waals surface area (Å²) >= 11 is 5.52. The Kier molecular flexibility index (Phi) is 3.80. The summed E-state index contributed by atoms with van der Waals surface area (Å²) in [6, 6.07) is 6.13. The molecule has 1 aromatic carbocycles. The van der Waals surface area contributed by atoms with Crippen molar-refractivity contribution in [2.24, 2.45) is 0 Å². The Morgan fingerprint density at radius 3 is 2.67 bits per heavy atom. The summed E-state index contributed by atoms with van der Waals surface area (Å²) in [5, 5.41) is 0. The van der Waals surface area contributed by atoms with E-state index in [1.807, 2.05) is 4.57 Å². The SMILES string of the molecule is Fc1ccc(-c2ncnc3c2ncn3CC#CCCl)cc1. The van der Waals surface area contributed by atoms with Gasteiger partial charge in [-0.25, -0.2) is 19.3 Å². The van der Waals surface area contributed by atoms with Crippen LogP contribution in [0.5, 0.6) is 0 Å². The number of halogens is 2. The van der Waals surface area contributed by atoms with Gasteiger partial charge in [0.05, 0.1) is 18.8 Å². The molecule has 0 radical (unpaired) electrons. The summed E-state index contributed by atoms with van der Waals surface area (Å²) in [5.74, 6) is 5.72. The second-order valence-corrected chi connectivity index (χ2v) is 4.53. The van der Waals surface area contributed by atoms with E-state index in [0.29, 0.717) is 29.3 Å². The van der Waals surface area contributed by atoms with Gasteiger partial charge in [-0.2, -0.15) is 0 Å². The Morgan fingerprint density at radius 2 is 1.90 bits per heavy atom. The fourth-order valence-electron chi connectivity index (χ4n) is 2.00. The second kappa shape index (κ2) is 5.90. The van der Waals surface area contributed by atoms with Gasteiger partial charge < -0.3 is 4.57 Å². The molecule has 0 bridgehead atoms. The number of aromatic nitrogens is 4. The highest BCUT2D eigenvalue weighted by Gasteiger charge is 2.11. The van der Waals surface area contributed by atoms with Gasteiger partial charge in [0.15, 0.2) is 5.65 Å². The van der Waals surface area contributed by atoms with Crippen molar-refractivity contribution in [3.8, 4) is 23.1 Å². The van der Waals surface area contributed by atoms with Crippen molar-refractivity contribution in [2.45, 2.75) is 6.54 Å². The van der Waals surface area contributed by atoms with Crippen molar-refractivity contribution in [1.29, 1.82) is 0 Å². The first-order valence-electron chi connectivity index (χ1n) is 6.23. The molecule has 0 unspecified atom stereocenters. The topological polar surface area (TPSA) is 43.6 Å². The van der Waals surface area contributed by atoms with E-state index >= 15 is 0 Å². The molecule has 0 spiro atoms. The van der Waals surface area contributed by atoms with E-state index < -0.39 is 0 Å². The van der Waals surface area contributed by atoms with Crippen LogP contribution >= 0.6 is 11.6 Å². The van der Waals surface area contributed by atoms with Gasteiger partial charge in [0.1, 0.15) is 23.4 Å². The van der Waals surface area contributed by atoms with Crippen LogP contribution in [0, 0.1) is 17.7 Å². The molecule has 2 heterocycles. The van der Waals surface area contributed by atoms with Crippen molar-refractivity contribution in [1.82, 2.24) is 19.5 Å². The second-order valence-electron chi connectivity index (χ2n) is 4.26. The van der Waals surface area contributed by atoms with Crippen LogP contribution in [0.3, 0.4) is 0 Å². The van der Waals surface area contributed by atoms with Crippen LogP contribution in [0.2, 0.25) is 0 Å². The Bertz CT molecular complexity index is 830. The van der Waals surface area contributed by atoms with Crippen molar-refractivity contribution in [2.75, 3.05) is 5.88 Å². The van der Waals surface area contributed by atoms with Crippen molar-refractivity contribution in [3.05, 3.63) is 42.7 Å². The minimum absolute atomic E-state index is 0.286. The third-order valence-electron chi connectivity index (χ3n) is 2.96. The maximum atomic E-state index is 13.0. The summed E-state index contributed by atoms with van der Waals surface area (Å²) in [6.45, 7) is 0.461. The van der Waals surface area contributed by atoms with E-state index in [-0.39, 0.29) is 5.82 Å². The number of hydrogen-bond acceptors (Lipinski definition) is 3. The Labute approximate surface area is 125 Å². The smallest absolute Gasteiger partial charge is 0.164 e. The Morgan fingerprint density at radius 1 is 1.10 bits per heavy atom. The maximum absolute atomic E-state index is 13.0. The van der Waals surface area contributed by atoms with E-state index in [4.69, 9.17) is 11.6 Å². The molecule has 21 heavy (non-hydrogen) atoms. The largest absolute Gasteiger partial charge is 0.303 e. The zero-order valence-electron chi connectivity index (χ0n) is 10.9. The normalized spacial score (nSPS) is 10.4. The molecule has 0 saturated heterocycles. The number of rotatable bonds is 2. The van der Waals surface area contributed by atoms with Gasteiger partial charge in [-0.3, -0.25) is 0 Å². The molecule has 0 saturated carbocycles. The number of hydrogen-bond donors (Lipinski definition) is 0. The predicted octanol–water partition coefficient (Wildman–Crippen LogP) is 2.87. The summed E-state index contributed by atoms with van der Waals surface area (Å²) in [5.41, 5.74) is 2.81. The van der Waals surface area contributed by atoms with Gasteiger partial charge in [-0.15, -0.1) is 11.6 Å². The number of benzene rings is 1. The minimum Gasteiger partial charge on any atom is -0.303 e. The van der Waals surface area contributed by atoms with Gasteiger partial charge in [-0.05, 0) is 24.3 Å². The molecule has 6 heteroatoms. The minimum atomic E-state index is -0.286. The molecule has 3 rings (SSSR count). The lowest BCUT2D eigenvalue weighted by molar-refractivity contribution is 0.628. The molecule has 0 fully saturated rings. The first-order valence-corrected chi connectivity index (χ1v) is 6.76. The first kappa shape index (κ1) is 13.5. The van der Waals surface area contributed by atoms with Crippen LogP contribution in [0.1, 0.15) is 0 Å². The molecule has 2 aromatic heterocycles. The Balaban J connectivity index is 2.07. The number of nitrogens with zero attached hydrogens (tertiary/aromatic N) is 4. The number of imidazole rings is 1. The number of fused-ring (bicyclic) bond motifs is 1. The third-order valence-corrected chi connectivity index (χ3v) is 3.09. The van der Waals surface area contributed by atoms with Crippen LogP contribution in [-0.2, 0) is 6.54 Å². The van der Waals surface area contributed by atoms with Crippen LogP contribution in [-0.4, -0.2) is 25.4 Å². The van der Waals surface area contributed by atoms with Crippen LogP contribution < -0.4 is 0 Å². The molecule has 3 aromatic rings. The molecule has 4 nitrogen and oxygen atoms in total. The summed E-state index contributed by atoms with van der Waals surface area (Å²) < 4.78 is 14.8. The quantitative estimate of drug-likeness (QED) is 0.540. The van der Waals surface area contributed by atoms with Crippen molar-refractivity contribution < 1.29 is 4.39 Å². The molecule has 0 N–H and O–H groups in total. The fourth-order valence-corrected chi connectivity index (χ4v) is 2.10. The lowest BCUT2D eigenvalue weighted by Crippen LogP contribution is -1.96. The van der Waals surface area contributed by atoms with Crippen LogP contribution in [0.4, 0.5) is 4.39 Å². The predicted molar refractivity (Wildman–Crippen MR) is 79.2 cm³/mol. The summed E-state index contributed by atoms with van der Waals surface area (Å²) in [4.78, 5) is 12.8. The first-order chi connectivity index (χ1) is 10.3. The summed E-state index contributed by atoms with van der Waals surface area (Å²) in [7, 11) is 0. The van der Waals surface area contributed by atoms with Gasteiger partial charge in [0, 0.05) is 5.56 Å². The molecule has 0 aliphatic heterocycles. The monoisotopic (exact) mass is 300 g/mol. The summed E-state index contributed by atoms with van der Waals surface area (Å²) in [6.07, 6.45) is 3.13. The van der Waals surface area contributed by atoms with E-state index in [9.17, 15) is 4.39 Å². The van der Waals surface area contributed by atoms with Crippen molar-refractivity contribution in [3.63, 3.8) is 0 Å². The fraction of sp³-hybridized carbons (Fsp3) is 0.133. The molecule has 0 aliphatic carbocycles. The highest BCUT2D eigenvalue weighted by atomic mass is 35.5. The zero-order chi connectivity index (χ0) is 14.7. The molecule has 0 atom stereocenters. The van der Waals surface area contributed by atoms with Gasteiger partial charge in [-0.1, -0.05) is 11.8 Å².